The Balaban J connectivity index is 1.31. The number of ether oxygens (including phenoxy) is 1. The molecule has 2 aliphatic rings. The Morgan fingerprint density at radius 2 is 1.91 bits per heavy atom. The summed E-state index contributed by atoms with van der Waals surface area (Å²) in [7, 11) is 0. The van der Waals surface area contributed by atoms with E-state index in [0.717, 1.165) is 48.5 Å². The molecular formula is C24H24ClN5O2S. The second-order valence-corrected chi connectivity index (χ2v) is 9.41. The van der Waals surface area contributed by atoms with Crippen molar-refractivity contribution in [3.8, 4) is 11.4 Å². The van der Waals surface area contributed by atoms with Crippen molar-refractivity contribution in [2.75, 3.05) is 18.9 Å². The van der Waals surface area contributed by atoms with Crippen molar-refractivity contribution in [3.05, 3.63) is 65.2 Å². The van der Waals surface area contributed by atoms with E-state index in [4.69, 9.17) is 16.3 Å². The largest absolute Gasteiger partial charge is 0.376 e. The van der Waals surface area contributed by atoms with Crippen molar-refractivity contribution in [2.24, 2.45) is 5.10 Å². The molecule has 0 bridgehead atoms. The first-order chi connectivity index (χ1) is 16.2. The van der Waals surface area contributed by atoms with Gasteiger partial charge >= 0.3 is 0 Å². The van der Waals surface area contributed by atoms with Crippen molar-refractivity contribution in [1.29, 1.82) is 0 Å². The van der Waals surface area contributed by atoms with E-state index >= 15 is 0 Å². The average molecular weight is 482 g/mol. The molecule has 7 nitrogen and oxygen atoms in total. The smallest absolute Gasteiger partial charge is 0.253 e. The third-order valence-corrected chi connectivity index (χ3v) is 6.95. The van der Waals surface area contributed by atoms with Gasteiger partial charge in [0.05, 0.1) is 30.7 Å². The van der Waals surface area contributed by atoms with Gasteiger partial charge in [-0.1, -0.05) is 53.7 Å². The van der Waals surface area contributed by atoms with E-state index in [1.807, 2.05) is 54.6 Å². The van der Waals surface area contributed by atoms with E-state index in [1.165, 1.54) is 11.8 Å². The minimum absolute atomic E-state index is 0.0364. The Morgan fingerprint density at radius 3 is 2.67 bits per heavy atom. The van der Waals surface area contributed by atoms with E-state index < -0.39 is 0 Å². The van der Waals surface area contributed by atoms with Gasteiger partial charge in [-0.15, -0.1) is 10.2 Å². The van der Waals surface area contributed by atoms with Gasteiger partial charge in [0, 0.05) is 23.6 Å². The summed E-state index contributed by atoms with van der Waals surface area (Å²) >= 11 is 7.45. The molecule has 0 aliphatic carbocycles. The summed E-state index contributed by atoms with van der Waals surface area (Å²) in [6.07, 6.45) is 2.95. The highest BCUT2D eigenvalue weighted by atomic mass is 35.5. The first kappa shape index (κ1) is 22.1. The van der Waals surface area contributed by atoms with E-state index in [0.29, 0.717) is 23.3 Å². The number of halogens is 1. The molecule has 0 saturated carbocycles. The molecule has 170 valence electrons. The van der Waals surface area contributed by atoms with Gasteiger partial charge in [0.2, 0.25) is 0 Å². The first-order valence-corrected chi connectivity index (χ1v) is 12.4. The predicted molar refractivity (Wildman–Crippen MR) is 129 cm³/mol. The van der Waals surface area contributed by atoms with Crippen LogP contribution in [0.2, 0.25) is 5.02 Å². The third kappa shape index (κ3) is 5.13. The van der Waals surface area contributed by atoms with Crippen LogP contribution >= 0.6 is 23.4 Å². The van der Waals surface area contributed by atoms with Gasteiger partial charge in [-0.2, -0.15) is 5.10 Å². The lowest BCUT2D eigenvalue weighted by atomic mass is 10.1. The number of nitrogens with zero attached hydrogens (tertiary/aromatic N) is 5. The number of thioether (sulfide) groups is 1. The Kier molecular flexibility index (Phi) is 6.75. The van der Waals surface area contributed by atoms with E-state index in [1.54, 1.807) is 5.01 Å². The summed E-state index contributed by atoms with van der Waals surface area (Å²) < 4.78 is 7.91. The average Bonchev–Trinajstić information content (AvgIpc) is 3.61. The molecule has 1 amide bonds. The molecule has 0 unspecified atom stereocenters. The topological polar surface area (TPSA) is 72.6 Å². The van der Waals surface area contributed by atoms with Crippen LogP contribution in [-0.4, -0.2) is 56.4 Å². The number of rotatable bonds is 7. The number of amides is 1. The summed E-state index contributed by atoms with van der Waals surface area (Å²) in [5.74, 6) is 0.962. The number of hydrazone groups is 1. The van der Waals surface area contributed by atoms with Gasteiger partial charge in [-0.3, -0.25) is 9.36 Å². The molecule has 5 rings (SSSR count). The highest BCUT2D eigenvalue weighted by Gasteiger charge is 2.25. The van der Waals surface area contributed by atoms with Crippen LogP contribution < -0.4 is 0 Å². The normalized spacial score (nSPS) is 18.0. The minimum Gasteiger partial charge on any atom is -0.376 e. The summed E-state index contributed by atoms with van der Waals surface area (Å²) in [6, 6.07) is 17.5. The van der Waals surface area contributed by atoms with Gasteiger partial charge in [-0.05, 0) is 42.7 Å². The lowest BCUT2D eigenvalue weighted by Crippen LogP contribution is -2.25. The molecule has 3 heterocycles. The van der Waals surface area contributed by atoms with E-state index in [2.05, 4.69) is 19.9 Å². The number of hydrogen-bond acceptors (Lipinski definition) is 6. The molecule has 1 fully saturated rings. The van der Waals surface area contributed by atoms with Crippen molar-refractivity contribution >= 4 is 35.0 Å². The highest BCUT2D eigenvalue weighted by molar-refractivity contribution is 7.99. The van der Waals surface area contributed by atoms with Crippen LogP contribution in [0.5, 0.6) is 0 Å². The van der Waals surface area contributed by atoms with Crippen LogP contribution in [0.1, 0.15) is 24.8 Å². The zero-order valence-electron chi connectivity index (χ0n) is 18.1. The standard InChI is InChI=1S/C24H24ClN5O2S/c25-19-10-8-18(9-11-19)23-26-27-24(29(23)15-20-7-4-14-32-20)33-16-22(31)30-13-12-21(28-30)17-5-2-1-3-6-17/h1-3,5-6,8-11,20H,4,7,12-16H2/t20-/m0/s1. The molecule has 0 radical (unpaired) electrons. The zero-order chi connectivity index (χ0) is 22.6. The number of benzene rings is 2. The Labute approximate surface area is 201 Å². The molecule has 1 atom stereocenters. The van der Waals surface area contributed by atoms with Crippen LogP contribution in [0.4, 0.5) is 0 Å². The quantitative estimate of drug-likeness (QED) is 0.464. The number of aromatic nitrogens is 3. The lowest BCUT2D eigenvalue weighted by Gasteiger charge is -2.15. The molecule has 2 aromatic carbocycles. The molecule has 3 aromatic rings. The van der Waals surface area contributed by atoms with Crippen molar-refractivity contribution in [1.82, 2.24) is 19.8 Å². The summed E-state index contributed by atoms with van der Waals surface area (Å²) in [5, 5.41) is 16.3. The highest BCUT2D eigenvalue weighted by Crippen LogP contribution is 2.28. The molecule has 0 spiro atoms. The summed E-state index contributed by atoms with van der Waals surface area (Å²) in [4.78, 5) is 12.9. The molecule has 9 heteroatoms. The maximum absolute atomic E-state index is 12.9. The van der Waals surface area contributed by atoms with Gasteiger partial charge in [-0.25, -0.2) is 5.01 Å². The molecule has 1 aromatic heterocycles. The van der Waals surface area contributed by atoms with Crippen LogP contribution in [0.15, 0.2) is 64.9 Å². The van der Waals surface area contributed by atoms with Crippen LogP contribution in [-0.2, 0) is 16.1 Å². The predicted octanol–water partition coefficient (Wildman–Crippen LogP) is 4.51. The molecule has 2 aliphatic heterocycles. The summed E-state index contributed by atoms with van der Waals surface area (Å²) in [5.41, 5.74) is 2.93. The van der Waals surface area contributed by atoms with Gasteiger partial charge in [0.1, 0.15) is 0 Å². The monoisotopic (exact) mass is 481 g/mol. The maximum atomic E-state index is 12.9. The minimum atomic E-state index is -0.0364. The zero-order valence-corrected chi connectivity index (χ0v) is 19.6. The molecule has 0 N–H and O–H groups in total. The maximum Gasteiger partial charge on any atom is 0.253 e. The number of carbonyl (C=O) groups excluding carboxylic acids is 1. The number of carbonyl (C=O) groups is 1. The second-order valence-electron chi connectivity index (χ2n) is 8.03. The SMILES string of the molecule is O=C(CSc1nnc(-c2ccc(Cl)cc2)n1C[C@@H]1CCCO1)N1CCC(c2ccccc2)=N1. The fraction of sp³-hybridized carbons (Fsp3) is 0.333. The molecule has 1 saturated heterocycles. The third-order valence-electron chi connectivity index (χ3n) is 5.75. The molecule has 33 heavy (non-hydrogen) atoms. The van der Waals surface area contributed by atoms with Crippen molar-refractivity contribution in [2.45, 2.75) is 37.1 Å². The Morgan fingerprint density at radius 1 is 1.09 bits per heavy atom. The van der Waals surface area contributed by atoms with E-state index in [9.17, 15) is 4.79 Å². The van der Waals surface area contributed by atoms with Crippen LogP contribution in [0, 0.1) is 0 Å². The van der Waals surface area contributed by atoms with Gasteiger partial charge < -0.3 is 4.74 Å². The second kappa shape index (κ2) is 10.1. The first-order valence-electron chi connectivity index (χ1n) is 11.0. The Bertz CT molecular complexity index is 1140. The number of hydrogen-bond donors (Lipinski definition) is 0. The Hall–Kier alpha value is -2.68. The molecular weight excluding hydrogens is 458 g/mol. The van der Waals surface area contributed by atoms with Crippen LogP contribution in [0.25, 0.3) is 11.4 Å². The lowest BCUT2D eigenvalue weighted by molar-refractivity contribution is -0.127. The van der Waals surface area contributed by atoms with Crippen molar-refractivity contribution in [3.63, 3.8) is 0 Å². The summed E-state index contributed by atoms with van der Waals surface area (Å²) in [6.45, 7) is 2.03. The van der Waals surface area contributed by atoms with Gasteiger partial charge in [0.15, 0.2) is 11.0 Å². The van der Waals surface area contributed by atoms with Crippen molar-refractivity contribution < 1.29 is 9.53 Å². The van der Waals surface area contributed by atoms with Crippen LogP contribution in [0.3, 0.4) is 0 Å². The fourth-order valence-electron chi connectivity index (χ4n) is 4.04. The van der Waals surface area contributed by atoms with E-state index in [-0.39, 0.29) is 17.8 Å². The fourth-order valence-corrected chi connectivity index (χ4v) is 4.98. The van der Waals surface area contributed by atoms with Gasteiger partial charge in [0.25, 0.3) is 5.91 Å².